The van der Waals surface area contributed by atoms with Crippen LogP contribution in [-0.4, -0.2) is 28.3 Å². The van der Waals surface area contributed by atoms with Crippen LogP contribution < -0.4 is 10.6 Å². The molecule has 0 saturated carbocycles. The van der Waals surface area contributed by atoms with Crippen LogP contribution in [0.3, 0.4) is 0 Å². The molecule has 0 radical (unpaired) electrons. The van der Waals surface area contributed by atoms with Crippen molar-refractivity contribution >= 4 is 17.3 Å². The van der Waals surface area contributed by atoms with Crippen LogP contribution in [0.25, 0.3) is 0 Å². The molecule has 1 aromatic carbocycles. The molecule has 0 aliphatic heterocycles. The maximum absolute atomic E-state index is 8.98. The van der Waals surface area contributed by atoms with Crippen LogP contribution >= 0.6 is 0 Å². The summed E-state index contributed by atoms with van der Waals surface area (Å²) in [4.78, 5) is 1.85. The molecule has 3 N–H and O–H groups in total. The molecule has 0 amide bonds. The van der Waals surface area contributed by atoms with Gasteiger partial charge in [0.15, 0.2) is 11.7 Å². The fraction of sp³-hybridized carbons (Fsp3) is 0.214. The van der Waals surface area contributed by atoms with Crippen molar-refractivity contribution in [2.24, 2.45) is 10.9 Å². The van der Waals surface area contributed by atoms with Crippen LogP contribution in [0.15, 0.2) is 35.5 Å². The number of oxime groups is 1. The molecule has 1 aromatic heterocycles. The molecule has 0 atom stereocenters. The molecule has 2 aromatic rings. The summed E-state index contributed by atoms with van der Waals surface area (Å²) in [6.45, 7) is 3.71. The Kier molecular flexibility index (Phi) is 3.84. The third-order valence-corrected chi connectivity index (χ3v) is 3.26. The number of hydrogen-bond acceptors (Lipinski definition) is 5. The minimum atomic E-state index is 0.0262. The van der Waals surface area contributed by atoms with Gasteiger partial charge in [-0.05, 0) is 31.5 Å². The van der Waals surface area contributed by atoms with Gasteiger partial charge in [0.25, 0.3) is 0 Å². The summed E-state index contributed by atoms with van der Waals surface area (Å²) in [6, 6.07) is 9.71. The smallest absolute Gasteiger partial charge is 0.174 e. The molecule has 0 fully saturated rings. The number of hydrogen-bond donors (Lipinski definition) is 2. The van der Waals surface area contributed by atoms with Crippen molar-refractivity contribution in [2.45, 2.75) is 13.8 Å². The standard InChI is InChI=1S/C14H17N5O/c1-9-10(2)16-17-14(12(9)13(15)18-20)19(3)11-7-5-4-6-8-11/h4-8,20H,1-3H3,(H2,15,18). The molecule has 6 heteroatoms. The van der Waals surface area contributed by atoms with Crippen molar-refractivity contribution < 1.29 is 5.21 Å². The molecule has 20 heavy (non-hydrogen) atoms. The molecule has 0 saturated heterocycles. The first-order valence-electron chi connectivity index (χ1n) is 6.16. The number of aromatic nitrogens is 2. The predicted molar refractivity (Wildman–Crippen MR) is 78.5 cm³/mol. The summed E-state index contributed by atoms with van der Waals surface area (Å²) in [7, 11) is 1.86. The minimum Gasteiger partial charge on any atom is -0.409 e. The second kappa shape index (κ2) is 5.56. The lowest BCUT2D eigenvalue weighted by Gasteiger charge is -2.21. The van der Waals surface area contributed by atoms with Gasteiger partial charge >= 0.3 is 0 Å². The van der Waals surface area contributed by atoms with E-state index in [4.69, 9.17) is 10.9 Å². The van der Waals surface area contributed by atoms with E-state index >= 15 is 0 Å². The van der Waals surface area contributed by atoms with Crippen LogP contribution in [0.2, 0.25) is 0 Å². The topological polar surface area (TPSA) is 87.6 Å². The molecule has 0 bridgehead atoms. The zero-order valence-electron chi connectivity index (χ0n) is 11.7. The fourth-order valence-corrected chi connectivity index (χ4v) is 1.96. The number of amidine groups is 1. The van der Waals surface area contributed by atoms with E-state index in [-0.39, 0.29) is 5.84 Å². The number of rotatable bonds is 3. The number of nitrogens with two attached hydrogens (primary N) is 1. The Morgan fingerprint density at radius 3 is 2.45 bits per heavy atom. The van der Waals surface area contributed by atoms with E-state index in [1.165, 1.54) is 0 Å². The van der Waals surface area contributed by atoms with E-state index in [2.05, 4.69) is 15.4 Å². The van der Waals surface area contributed by atoms with Gasteiger partial charge in [-0.15, -0.1) is 5.10 Å². The zero-order valence-corrected chi connectivity index (χ0v) is 11.7. The molecule has 0 unspecified atom stereocenters. The number of para-hydroxylation sites is 1. The third kappa shape index (κ3) is 2.40. The number of anilines is 2. The number of nitrogens with zero attached hydrogens (tertiary/aromatic N) is 4. The van der Waals surface area contributed by atoms with Crippen molar-refractivity contribution in [2.75, 3.05) is 11.9 Å². The Balaban J connectivity index is 2.60. The Hall–Kier alpha value is -2.63. The van der Waals surface area contributed by atoms with Crippen molar-refractivity contribution in [3.63, 3.8) is 0 Å². The first kappa shape index (κ1) is 13.8. The molecule has 1 heterocycles. The Morgan fingerprint density at radius 1 is 1.20 bits per heavy atom. The minimum absolute atomic E-state index is 0.0262. The van der Waals surface area contributed by atoms with Gasteiger partial charge in [-0.2, -0.15) is 5.10 Å². The highest BCUT2D eigenvalue weighted by Crippen LogP contribution is 2.26. The average Bonchev–Trinajstić information content (AvgIpc) is 2.49. The lowest BCUT2D eigenvalue weighted by atomic mass is 10.1. The van der Waals surface area contributed by atoms with E-state index in [0.717, 1.165) is 16.9 Å². The molecule has 0 spiro atoms. The lowest BCUT2D eigenvalue weighted by molar-refractivity contribution is 0.318. The van der Waals surface area contributed by atoms with Crippen LogP contribution in [0, 0.1) is 13.8 Å². The van der Waals surface area contributed by atoms with Crippen molar-refractivity contribution in [3.05, 3.63) is 47.2 Å². The van der Waals surface area contributed by atoms with Crippen molar-refractivity contribution in [1.29, 1.82) is 0 Å². The Labute approximate surface area is 117 Å². The summed E-state index contributed by atoms with van der Waals surface area (Å²) in [5.41, 5.74) is 8.91. The lowest BCUT2D eigenvalue weighted by Crippen LogP contribution is -2.23. The summed E-state index contributed by atoms with van der Waals surface area (Å²) in [5.74, 6) is 0.577. The zero-order chi connectivity index (χ0) is 14.7. The summed E-state index contributed by atoms with van der Waals surface area (Å²) in [5, 5.41) is 20.4. The van der Waals surface area contributed by atoms with Crippen molar-refractivity contribution in [1.82, 2.24) is 10.2 Å². The second-order valence-electron chi connectivity index (χ2n) is 4.49. The van der Waals surface area contributed by atoms with Crippen LogP contribution in [0.5, 0.6) is 0 Å². The maximum atomic E-state index is 8.98. The fourth-order valence-electron chi connectivity index (χ4n) is 1.96. The first-order chi connectivity index (χ1) is 9.56. The van der Waals surface area contributed by atoms with E-state index in [1.807, 2.05) is 56.1 Å². The van der Waals surface area contributed by atoms with Crippen LogP contribution in [0.4, 0.5) is 11.5 Å². The summed E-state index contributed by atoms with van der Waals surface area (Å²) < 4.78 is 0. The Morgan fingerprint density at radius 2 is 1.85 bits per heavy atom. The van der Waals surface area contributed by atoms with Gasteiger partial charge in [0.1, 0.15) is 0 Å². The average molecular weight is 271 g/mol. The molecular weight excluding hydrogens is 254 g/mol. The summed E-state index contributed by atoms with van der Waals surface area (Å²) in [6.07, 6.45) is 0. The highest BCUT2D eigenvalue weighted by Gasteiger charge is 2.19. The largest absolute Gasteiger partial charge is 0.409 e. The maximum Gasteiger partial charge on any atom is 0.174 e. The predicted octanol–water partition coefficient (Wildman–Crippen LogP) is 1.96. The first-order valence-corrected chi connectivity index (χ1v) is 6.16. The third-order valence-electron chi connectivity index (χ3n) is 3.26. The van der Waals surface area contributed by atoms with Crippen molar-refractivity contribution in [3.8, 4) is 0 Å². The van der Waals surface area contributed by atoms with Crippen LogP contribution in [0.1, 0.15) is 16.8 Å². The normalized spacial score (nSPS) is 11.4. The number of benzene rings is 1. The highest BCUT2D eigenvalue weighted by molar-refractivity contribution is 6.03. The number of aryl methyl sites for hydroxylation is 1. The van der Waals surface area contributed by atoms with Gasteiger partial charge in [-0.25, -0.2) is 0 Å². The summed E-state index contributed by atoms with van der Waals surface area (Å²) >= 11 is 0. The SMILES string of the molecule is Cc1nnc(N(C)c2ccccc2)c(/C(N)=N/O)c1C. The van der Waals surface area contributed by atoms with Gasteiger partial charge < -0.3 is 15.8 Å². The van der Waals surface area contributed by atoms with E-state index < -0.39 is 0 Å². The van der Waals surface area contributed by atoms with Crippen LogP contribution in [-0.2, 0) is 0 Å². The van der Waals surface area contributed by atoms with E-state index in [9.17, 15) is 0 Å². The molecule has 0 aliphatic carbocycles. The molecule has 104 valence electrons. The van der Waals surface area contributed by atoms with Gasteiger partial charge in [0.05, 0.1) is 11.3 Å². The second-order valence-corrected chi connectivity index (χ2v) is 4.49. The van der Waals surface area contributed by atoms with E-state index in [1.54, 1.807) is 0 Å². The van der Waals surface area contributed by atoms with Gasteiger partial charge in [0, 0.05) is 12.7 Å². The monoisotopic (exact) mass is 271 g/mol. The van der Waals surface area contributed by atoms with E-state index in [0.29, 0.717) is 11.4 Å². The molecule has 6 nitrogen and oxygen atoms in total. The Bertz CT molecular complexity index is 640. The van der Waals surface area contributed by atoms with Gasteiger partial charge in [-0.1, -0.05) is 23.4 Å². The molecule has 2 rings (SSSR count). The van der Waals surface area contributed by atoms with Gasteiger partial charge in [0.2, 0.25) is 0 Å². The van der Waals surface area contributed by atoms with Gasteiger partial charge in [-0.3, -0.25) is 0 Å². The highest BCUT2D eigenvalue weighted by atomic mass is 16.4. The quantitative estimate of drug-likeness (QED) is 0.385. The molecule has 0 aliphatic rings. The molecular formula is C14H17N5O.